The molecule has 2 atom stereocenters. The van der Waals surface area contributed by atoms with Crippen molar-refractivity contribution in [2.75, 3.05) is 6.54 Å². The van der Waals surface area contributed by atoms with Gasteiger partial charge in [0.15, 0.2) is 0 Å². The first-order valence-electron chi connectivity index (χ1n) is 5.08. The molecule has 5 nitrogen and oxygen atoms in total. The fraction of sp³-hybridized carbons (Fsp3) is 0.800. The van der Waals surface area contributed by atoms with E-state index in [0.717, 1.165) is 0 Å². The highest BCUT2D eigenvalue weighted by atomic mass is 16.4. The van der Waals surface area contributed by atoms with Crippen molar-refractivity contribution in [3.05, 3.63) is 0 Å². The molecule has 1 rings (SSSR count). The number of hydrogen-bond acceptors (Lipinski definition) is 3. The van der Waals surface area contributed by atoms with Crippen molar-refractivity contribution < 1.29 is 14.7 Å². The number of carbonyl (C=O) groups is 2. The summed E-state index contributed by atoms with van der Waals surface area (Å²) in [6.45, 7) is 5.51. The first-order valence-corrected chi connectivity index (χ1v) is 5.08. The van der Waals surface area contributed by atoms with Crippen LogP contribution in [0, 0.1) is 5.92 Å². The van der Waals surface area contributed by atoms with Gasteiger partial charge in [-0.1, -0.05) is 0 Å². The molecule has 15 heavy (non-hydrogen) atoms. The lowest BCUT2D eigenvalue weighted by Gasteiger charge is -2.29. The van der Waals surface area contributed by atoms with E-state index in [1.165, 1.54) is 0 Å². The van der Waals surface area contributed by atoms with E-state index in [4.69, 9.17) is 10.8 Å². The minimum Gasteiger partial charge on any atom is -0.481 e. The summed E-state index contributed by atoms with van der Waals surface area (Å²) in [7, 11) is 0. The average molecular weight is 214 g/mol. The van der Waals surface area contributed by atoms with Crippen LogP contribution in [0.5, 0.6) is 0 Å². The van der Waals surface area contributed by atoms with Gasteiger partial charge >= 0.3 is 5.97 Å². The Morgan fingerprint density at radius 3 is 2.33 bits per heavy atom. The number of nitrogens with zero attached hydrogens (tertiary/aromatic N) is 1. The topological polar surface area (TPSA) is 83.6 Å². The Bertz CT molecular complexity index is 283. The predicted molar refractivity (Wildman–Crippen MR) is 55.2 cm³/mol. The minimum absolute atomic E-state index is 0.182. The van der Waals surface area contributed by atoms with Crippen LogP contribution in [0.15, 0.2) is 0 Å². The smallest absolute Gasteiger partial charge is 0.308 e. The number of carboxylic acid groups (broad SMARTS) is 1. The zero-order valence-corrected chi connectivity index (χ0v) is 9.36. The average Bonchev–Trinajstić information content (AvgIpc) is 2.44. The van der Waals surface area contributed by atoms with Gasteiger partial charge in [0, 0.05) is 12.6 Å². The standard InChI is InChI=1S/C10H18N2O3/c1-6-7(8(13)14)4-5-12(6)9(15)10(2,3)11/h6-7H,4-5,11H2,1-3H3,(H,13,14). The fourth-order valence-electron chi connectivity index (χ4n) is 1.93. The molecule has 1 fully saturated rings. The van der Waals surface area contributed by atoms with Crippen molar-refractivity contribution in [2.45, 2.75) is 38.8 Å². The maximum absolute atomic E-state index is 11.9. The van der Waals surface area contributed by atoms with Gasteiger partial charge in [0.1, 0.15) is 0 Å². The molecule has 3 N–H and O–H groups in total. The molecule has 0 aliphatic carbocycles. The molecule has 0 spiro atoms. The lowest BCUT2D eigenvalue weighted by atomic mass is 10.0. The number of hydrogen-bond donors (Lipinski definition) is 2. The molecule has 0 radical (unpaired) electrons. The molecule has 86 valence electrons. The van der Waals surface area contributed by atoms with E-state index in [2.05, 4.69) is 0 Å². The van der Waals surface area contributed by atoms with Crippen LogP contribution in [0.4, 0.5) is 0 Å². The highest BCUT2D eigenvalue weighted by molar-refractivity contribution is 5.86. The third kappa shape index (κ3) is 2.28. The monoisotopic (exact) mass is 214 g/mol. The molecule has 1 aliphatic rings. The summed E-state index contributed by atoms with van der Waals surface area (Å²) < 4.78 is 0. The van der Waals surface area contributed by atoms with Crippen LogP contribution in [-0.4, -0.2) is 40.0 Å². The van der Waals surface area contributed by atoms with Gasteiger partial charge < -0.3 is 15.7 Å². The maximum Gasteiger partial charge on any atom is 0.308 e. The summed E-state index contributed by atoms with van der Waals surface area (Å²) in [6.07, 6.45) is 0.512. The number of likely N-dealkylation sites (tertiary alicyclic amines) is 1. The molecule has 0 aromatic heterocycles. The van der Waals surface area contributed by atoms with E-state index in [0.29, 0.717) is 13.0 Å². The largest absolute Gasteiger partial charge is 0.481 e. The van der Waals surface area contributed by atoms with Crippen molar-refractivity contribution in [2.24, 2.45) is 11.7 Å². The Morgan fingerprint density at radius 2 is 2.00 bits per heavy atom. The summed E-state index contributed by atoms with van der Waals surface area (Å²) in [4.78, 5) is 24.3. The third-order valence-electron chi connectivity index (χ3n) is 2.88. The van der Waals surface area contributed by atoms with Gasteiger partial charge in [0.25, 0.3) is 0 Å². The first kappa shape index (κ1) is 12.0. The molecule has 0 bridgehead atoms. The van der Waals surface area contributed by atoms with Gasteiger partial charge in [-0.15, -0.1) is 0 Å². The molecule has 1 heterocycles. The van der Waals surface area contributed by atoms with Gasteiger partial charge in [0.05, 0.1) is 11.5 Å². The highest BCUT2D eigenvalue weighted by Gasteiger charge is 2.41. The normalized spacial score (nSPS) is 26.8. The molecule has 1 amide bonds. The van der Waals surface area contributed by atoms with Gasteiger partial charge in [0.2, 0.25) is 5.91 Å². The van der Waals surface area contributed by atoms with Gasteiger partial charge in [-0.2, -0.15) is 0 Å². The molecule has 1 aliphatic heterocycles. The Labute approximate surface area is 89.2 Å². The lowest BCUT2D eigenvalue weighted by molar-refractivity contribution is -0.143. The molecule has 0 aromatic rings. The van der Waals surface area contributed by atoms with Gasteiger partial charge in [-0.05, 0) is 27.2 Å². The van der Waals surface area contributed by atoms with Crippen LogP contribution in [0.3, 0.4) is 0 Å². The predicted octanol–water partition coefficient (Wildman–Crippen LogP) is 0.0453. The number of amides is 1. The van der Waals surface area contributed by atoms with Crippen LogP contribution < -0.4 is 5.73 Å². The Hall–Kier alpha value is -1.10. The lowest BCUT2D eigenvalue weighted by Crippen LogP contribution is -2.52. The number of nitrogens with two attached hydrogens (primary N) is 1. The van der Waals surface area contributed by atoms with E-state index in [1.807, 2.05) is 0 Å². The van der Waals surface area contributed by atoms with Crippen LogP contribution in [0.1, 0.15) is 27.2 Å². The Morgan fingerprint density at radius 1 is 1.47 bits per heavy atom. The quantitative estimate of drug-likeness (QED) is 0.680. The number of carboxylic acids is 1. The molecule has 1 saturated heterocycles. The molecular formula is C10H18N2O3. The molecule has 0 saturated carbocycles. The van der Waals surface area contributed by atoms with Crippen LogP contribution >= 0.6 is 0 Å². The van der Waals surface area contributed by atoms with Crippen molar-refractivity contribution in [1.29, 1.82) is 0 Å². The van der Waals surface area contributed by atoms with E-state index >= 15 is 0 Å². The fourth-order valence-corrected chi connectivity index (χ4v) is 1.93. The van der Waals surface area contributed by atoms with Crippen LogP contribution in [0.25, 0.3) is 0 Å². The highest BCUT2D eigenvalue weighted by Crippen LogP contribution is 2.26. The van der Waals surface area contributed by atoms with Gasteiger partial charge in [-0.25, -0.2) is 0 Å². The van der Waals surface area contributed by atoms with Gasteiger partial charge in [-0.3, -0.25) is 9.59 Å². The second kappa shape index (κ2) is 3.81. The molecule has 2 unspecified atom stereocenters. The summed E-state index contributed by atoms with van der Waals surface area (Å²) in [5.74, 6) is -1.48. The Balaban J connectivity index is 2.76. The van der Waals surface area contributed by atoms with Crippen molar-refractivity contribution in [1.82, 2.24) is 4.90 Å². The minimum atomic E-state index is -0.929. The zero-order valence-electron chi connectivity index (χ0n) is 9.36. The zero-order chi connectivity index (χ0) is 11.8. The summed E-state index contributed by atoms with van der Waals surface area (Å²) in [5.41, 5.74) is 4.78. The van der Waals surface area contributed by atoms with Crippen molar-refractivity contribution >= 4 is 11.9 Å². The second-order valence-corrected chi connectivity index (χ2v) is 4.69. The molecule has 5 heteroatoms. The van der Waals surface area contributed by atoms with E-state index < -0.39 is 17.4 Å². The van der Waals surface area contributed by atoms with Crippen molar-refractivity contribution in [3.63, 3.8) is 0 Å². The van der Waals surface area contributed by atoms with Crippen LogP contribution in [-0.2, 0) is 9.59 Å². The summed E-state index contributed by atoms with van der Waals surface area (Å²) >= 11 is 0. The summed E-state index contributed by atoms with van der Waals surface area (Å²) in [5, 5.41) is 8.92. The van der Waals surface area contributed by atoms with Crippen molar-refractivity contribution in [3.8, 4) is 0 Å². The number of aliphatic carboxylic acids is 1. The summed E-state index contributed by atoms with van der Waals surface area (Å²) in [6, 6.07) is -0.266. The first-order chi connectivity index (χ1) is 6.75. The molecule has 0 aromatic carbocycles. The van der Waals surface area contributed by atoms with Crippen LogP contribution in [0.2, 0.25) is 0 Å². The van der Waals surface area contributed by atoms with E-state index in [1.54, 1.807) is 25.7 Å². The van der Waals surface area contributed by atoms with E-state index in [-0.39, 0.29) is 11.9 Å². The number of rotatable bonds is 2. The maximum atomic E-state index is 11.9. The number of carbonyl (C=O) groups excluding carboxylic acids is 1. The Kier molecular flexibility index (Phi) is 3.04. The molecular weight excluding hydrogens is 196 g/mol. The third-order valence-corrected chi connectivity index (χ3v) is 2.88. The second-order valence-electron chi connectivity index (χ2n) is 4.69. The van der Waals surface area contributed by atoms with E-state index in [9.17, 15) is 9.59 Å². The SMILES string of the molecule is CC1C(C(=O)O)CCN1C(=O)C(C)(C)N.